The van der Waals surface area contributed by atoms with E-state index < -0.39 is 25.2 Å². The van der Waals surface area contributed by atoms with Crippen LogP contribution in [0, 0.1) is 0 Å². The topological polar surface area (TPSA) is 53.0 Å². The van der Waals surface area contributed by atoms with Crippen molar-refractivity contribution >= 4 is 6.09 Å². The van der Waals surface area contributed by atoms with Crippen molar-refractivity contribution in [3.63, 3.8) is 0 Å². The van der Waals surface area contributed by atoms with Crippen LogP contribution in [0.5, 0.6) is 0 Å². The molecule has 1 aliphatic carbocycles. The summed E-state index contributed by atoms with van der Waals surface area (Å²) in [5, 5.41) is 8.72. The van der Waals surface area contributed by atoms with Gasteiger partial charge in [0.1, 0.15) is 13.2 Å². The Bertz CT molecular complexity index is 836. The summed E-state index contributed by atoms with van der Waals surface area (Å²) in [5.74, 6) is -3.12. The Morgan fingerprint density at radius 1 is 1.00 bits per heavy atom. The lowest BCUT2D eigenvalue weighted by Gasteiger charge is -2.35. The van der Waals surface area contributed by atoms with Crippen molar-refractivity contribution in [3.8, 4) is 11.1 Å². The fourth-order valence-electron chi connectivity index (χ4n) is 4.15. The summed E-state index contributed by atoms with van der Waals surface area (Å²) in [6, 6.07) is 16.3. The highest BCUT2D eigenvalue weighted by atomic mass is 19.3. The molecule has 2 aromatic carbocycles. The molecule has 0 saturated carbocycles. The molecule has 1 heterocycles. The molecule has 1 fully saturated rings. The number of fused-ring (bicyclic) bond motifs is 3. The minimum Gasteiger partial charge on any atom is -0.448 e. The average molecular weight is 402 g/mol. The van der Waals surface area contributed by atoms with E-state index in [9.17, 15) is 13.6 Å². The smallest absolute Gasteiger partial charge is 0.409 e. The molecule has 1 saturated heterocycles. The number of aliphatic hydroxyl groups excluding tert-OH is 1. The van der Waals surface area contributed by atoms with E-state index in [0.29, 0.717) is 26.2 Å². The third kappa shape index (κ3) is 4.11. The van der Waals surface area contributed by atoms with E-state index >= 15 is 0 Å². The first-order valence-corrected chi connectivity index (χ1v) is 9.79. The molecule has 7 heteroatoms. The van der Waals surface area contributed by atoms with Crippen LogP contribution in [0.1, 0.15) is 17.0 Å². The Balaban J connectivity index is 1.35. The maximum atomic E-state index is 13.3. The molecule has 0 radical (unpaired) electrons. The van der Waals surface area contributed by atoms with Crippen LogP contribution in [0.2, 0.25) is 0 Å². The van der Waals surface area contributed by atoms with E-state index in [0.717, 1.165) is 11.1 Å². The number of alkyl halides is 2. The fraction of sp³-hybridized carbons (Fsp3) is 0.409. The minimum absolute atomic E-state index is 0.00381. The van der Waals surface area contributed by atoms with Gasteiger partial charge in [0.2, 0.25) is 0 Å². The van der Waals surface area contributed by atoms with Gasteiger partial charge in [-0.25, -0.2) is 13.6 Å². The predicted molar refractivity (Wildman–Crippen MR) is 105 cm³/mol. The first-order valence-electron chi connectivity index (χ1n) is 9.79. The van der Waals surface area contributed by atoms with Gasteiger partial charge < -0.3 is 14.7 Å². The van der Waals surface area contributed by atoms with E-state index in [4.69, 9.17) is 9.84 Å². The van der Waals surface area contributed by atoms with E-state index in [1.54, 1.807) is 9.80 Å². The number of nitrogens with zero attached hydrogens (tertiary/aromatic N) is 2. The molecule has 0 aromatic heterocycles. The Morgan fingerprint density at radius 3 is 2.10 bits per heavy atom. The summed E-state index contributed by atoms with van der Waals surface area (Å²) in [6.45, 7) is -0.0901. The largest absolute Gasteiger partial charge is 0.448 e. The van der Waals surface area contributed by atoms with Gasteiger partial charge in [-0.15, -0.1) is 0 Å². The van der Waals surface area contributed by atoms with Gasteiger partial charge in [-0.05, 0) is 22.3 Å². The van der Waals surface area contributed by atoms with Crippen molar-refractivity contribution in [2.75, 3.05) is 45.9 Å². The standard InChI is InChI=1S/C22H24F2N2O3/c23-22(24,15-27)14-25-9-11-26(12-10-25)21(28)29-13-20-18-7-3-1-5-16(18)17-6-2-4-8-19(17)20/h1-8,20,27H,9-15H2. The number of carbonyl (C=O) groups excluding carboxylic acids is 1. The Hall–Kier alpha value is -2.51. The van der Waals surface area contributed by atoms with Crippen LogP contribution in [0.4, 0.5) is 13.6 Å². The Kier molecular flexibility index (Phi) is 5.52. The zero-order chi connectivity index (χ0) is 20.4. The quantitative estimate of drug-likeness (QED) is 0.835. The van der Waals surface area contributed by atoms with Gasteiger partial charge in [-0.1, -0.05) is 48.5 Å². The second-order valence-electron chi connectivity index (χ2n) is 7.58. The van der Waals surface area contributed by atoms with E-state index in [1.807, 2.05) is 24.3 Å². The van der Waals surface area contributed by atoms with E-state index in [2.05, 4.69) is 24.3 Å². The summed E-state index contributed by atoms with van der Waals surface area (Å²) in [6.07, 6.45) is -0.416. The number of benzene rings is 2. The maximum absolute atomic E-state index is 13.3. The molecule has 1 aliphatic heterocycles. The molecule has 0 spiro atoms. The molecule has 4 rings (SSSR count). The van der Waals surface area contributed by atoms with Crippen LogP contribution in [0.15, 0.2) is 48.5 Å². The van der Waals surface area contributed by atoms with Crippen LogP contribution >= 0.6 is 0 Å². The Morgan fingerprint density at radius 2 is 1.55 bits per heavy atom. The van der Waals surface area contributed by atoms with Crippen LogP contribution in [-0.4, -0.2) is 72.9 Å². The number of aliphatic hydroxyl groups is 1. The van der Waals surface area contributed by atoms with Gasteiger partial charge in [-0.3, -0.25) is 4.90 Å². The third-order valence-corrected chi connectivity index (χ3v) is 5.65. The lowest BCUT2D eigenvalue weighted by Crippen LogP contribution is -2.52. The van der Waals surface area contributed by atoms with Gasteiger partial charge in [0, 0.05) is 32.1 Å². The van der Waals surface area contributed by atoms with Crippen LogP contribution in [-0.2, 0) is 4.74 Å². The molecule has 1 N–H and O–H groups in total. The van der Waals surface area contributed by atoms with Gasteiger partial charge in [0.05, 0.1) is 6.54 Å². The summed E-state index contributed by atoms with van der Waals surface area (Å²) in [5.41, 5.74) is 4.64. The Labute approximate surface area is 168 Å². The molecule has 0 unspecified atom stereocenters. The second-order valence-corrected chi connectivity index (χ2v) is 7.58. The molecule has 0 bridgehead atoms. The van der Waals surface area contributed by atoms with Crippen molar-refractivity contribution in [1.29, 1.82) is 0 Å². The first-order chi connectivity index (χ1) is 14.0. The van der Waals surface area contributed by atoms with Gasteiger partial charge >= 0.3 is 6.09 Å². The van der Waals surface area contributed by atoms with Gasteiger partial charge in [0.15, 0.2) is 0 Å². The summed E-state index contributed by atoms with van der Waals surface area (Å²) in [4.78, 5) is 15.6. The first kappa shape index (κ1) is 19.8. The zero-order valence-corrected chi connectivity index (χ0v) is 16.1. The number of carbonyl (C=O) groups is 1. The zero-order valence-electron chi connectivity index (χ0n) is 16.1. The fourth-order valence-corrected chi connectivity index (χ4v) is 4.15. The molecule has 0 atom stereocenters. The second kappa shape index (κ2) is 8.08. The molecule has 154 valence electrons. The van der Waals surface area contributed by atoms with Crippen LogP contribution in [0.25, 0.3) is 11.1 Å². The molecular weight excluding hydrogens is 378 g/mol. The van der Waals surface area contributed by atoms with E-state index in [1.165, 1.54) is 11.1 Å². The highest BCUT2D eigenvalue weighted by molar-refractivity contribution is 5.79. The third-order valence-electron chi connectivity index (χ3n) is 5.65. The van der Waals surface area contributed by atoms with Gasteiger partial charge in [0.25, 0.3) is 5.92 Å². The lowest BCUT2D eigenvalue weighted by molar-refractivity contribution is -0.0778. The minimum atomic E-state index is -3.12. The molecule has 2 aliphatic rings. The monoisotopic (exact) mass is 402 g/mol. The number of rotatable bonds is 5. The molecule has 2 aromatic rings. The van der Waals surface area contributed by atoms with Crippen molar-refractivity contribution in [2.24, 2.45) is 0 Å². The average Bonchev–Trinajstić information content (AvgIpc) is 3.06. The maximum Gasteiger partial charge on any atom is 0.409 e. The number of amides is 1. The van der Waals surface area contributed by atoms with Crippen LogP contribution < -0.4 is 0 Å². The van der Waals surface area contributed by atoms with Gasteiger partial charge in [-0.2, -0.15) is 0 Å². The SMILES string of the molecule is O=C(OCC1c2ccccc2-c2ccccc21)N1CCN(CC(F)(F)CO)CC1. The summed E-state index contributed by atoms with van der Waals surface area (Å²) < 4.78 is 32.3. The highest BCUT2D eigenvalue weighted by Gasteiger charge is 2.34. The van der Waals surface area contributed by atoms with Crippen molar-refractivity contribution in [3.05, 3.63) is 59.7 Å². The number of halogens is 2. The molecule has 1 amide bonds. The van der Waals surface area contributed by atoms with Crippen molar-refractivity contribution in [1.82, 2.24) is 9.80 Å². The number of hydrogen-bond acceptors (Lipinski definition) is 4. The molecule has 5 nitrogen and oxygen atoms in total. The van der Waals surface area contributed by atoms with Crippen LogP contribution in [0.3, 0.4) is 0 Å². The normalized spacial score (nSPS) is 17.1. The summed E-state index contributed by atoms with van der Waals surface area (Å²) >= 11 is 0. The number of ether oxygens (including phenoxy) is 1. The molecule has 29 heavy (non-hydrogen) atoms. The predicted octanol–water partition coefficient (Wildman–Crippen LogP) is 3.18. The summed E-state index contributed by atoms with van der Waals surface area (Å²) in [7, 11) is 0. The molecular formula is C22H24F2N2O3. The van der Waals surface area contributed by atoms with Crippen molar-refractivity contribution in [2.45, 2.75) is 11.8 Å². The highest BCUT2D eigenvalue weighted by Crippen LogP contribution is 2.44. The van der Waals surface area contributed by atoms with E-state index in [-0.39, 0.29) is 12.5 Å². The van der Waals surface area contributed by atoms with Crippen molar-refractivity contribution < 1.29 is 23.4 Å². The lowest BCUT2D eigenvalue weighted by atomic mass is 9.98. The number of piperazine rings is 1. The number of hydrogen-bond donors (Lipinski definition) is 1.